The van der Waals surface area contributed by atoms with Crippen LogP contribution >= 0.6 is 0 Å². The normalized spacial score (nSPS) is 12.0. The van der Waals surface area contributed by atoms with Gasteiger partial charge in [0.05, 0.1) is 0 Å². The first-order chi connectivity index (χ1) is 6.07. The quantitative estimate of drug-likeness (QED) is 0.612. The molecule has 2 nitrogen and oxygen atoms in total. The Morgan fingerprint density at radius 2 is 1.77 bits per heavy atom. The molecule has 2 heteroatoms. The van der Waals surface area contributed by atoms with Crippen molar-refractivity contribution in [2.45, 2.75) is 40.7 Å². The molecule has 0 spiro atoms. The summed E-state index contributed by atoms with van der Waals surface area (Å²) < 4.78 is 0. The van der Waals surface area contributed by atoms with E-state index < -0.39 is 0 Å². The second kappa shape index (κ2) is 7.34. The number of likely N-dealkylation sites (N-methyl/N-ethyl adjacent to an activating group) is 1. The van der Waals surface area contributed by atoms with Gasteiger partial charge in [0, 0.05) is 19.1 Å². The molecule has 0 aromatic carbocycles. The van der Waals surface area contributed by atoms with E-state index in [1.807, 2.05) is 0 Å². The lowest BCUT2D eigenvalue weighted by molar-refractivity contribution is 0.233. The van der Waals surface area contributed by atoms with E-state index in [9.17, 15) is 0 Å². The molecule has 0 heterocycles. The lowest BCUT2D eigenvalue weighted by atomic mass is 10.2. The van der Waals surface area contributed by atoms with E-state index in [0.29, 0.717) is 6.04 Å². The van der Waals surface area contributed by atoms with Gasteiger partial charge in [-0.1, -0.05) is 20.8 Å². The molecule has 0 aliphatic carbocycles. The lowest BCUT2D eigenvalue weighted by Crippen LogP contribution is -2.37. The average Bonchev–Trinajstić information content (AvgIpc) is 2.03. The maximum atomic E-state index is 3.46. The largest absolute Gasteiger partial charge is 0.315 e. The number of rotatable bonds is 7. The van der Waals surface area contributed by atoms with Gasteiger partial charge < -0.3 is 5.32 Å². The monoisotopic (exact) mass is 186 g/mol. The van der Waals surface area contributed by atoms with Crippen LogP contribution in [0.5, 0.6) is 0 Å². The summed E-state index contributed by atoms with van der Waals surface area (Å²) in [5.74, 6) is 0.758. The van der Waals surface area contributed by atoms with Crippen LogP contribution in [0.2, 0.25) is 0 Å². The molecule has 0 bridgehead atoms. The Balaban J connectivity index is 3.39. The van der Waals surface area contributed by atoms with Crippen molar-refractivity contribution < 1.29 is 0 Å². The van der Waals surface area contributed by atoms with Crippen LogP contribution in [0.1, 0.15) is 34.6 Å². The van der Waals surface area contributed by atoms with Gasteiger partial charge in [-0.25, -0.2) is 0 Å². The second-order valence-corrected chi connectivity index (χ2v) is 4.32. The van der Waals surface area contributed by atoms with Crippen molar-refractivity contribution in [3.63, 3.8) is 0 Å². The van der Waals surface area contributed by atoms with Crippen molar-refractivity contribution in [2.24, 2.45) is 5.92 Å². The zero-order valence-electron chi connectivity index (χ0n) is 9.93. The fourth-order valence-electron chi connectivity index (χ4n) is 1.39. The lowest BCUT2D eigenvalue weighted by Gasteiger charge is -2.24. The van der Waals surface area contributed by atoms with Crippen LogP contribution in [0, 0.1) is 5.92 Å². The molecule has 1 N–H and O–H groups in total. The topological polar surface area (TPSA) is 15.3 Å². The first-order valence-electron chi connectivity index (χ1n) is 5.52. The third kappa shape index (κ3) is 7.03. The first-order valence-corrected chi connectivity index (χ1v) is 5.52. The highest BCUT2D eigenvalue weighted by Crippen LogP contribution is 1.95. The van der Waals surface area contributed by atoms with Gasteiger partial charge in [0.1, 0.15) is 0 Å². The maximum Gasteiger partial charge on any atom is 0.0109 e. The minimum Gasteiger partial charge on any atom is -0.315 e. The molecule has 0 aromatic rings. The summed E-state index contributed by atoms with van der Waals surface area (Å²) >= 11 is 0. The highest BCUT2D eigenvalue weighted by atomic mass is 15.2. The summed E-state index contributed by atoms with van der Waals surface area (Å²) in [6, 6.07) is 0.672. The molecule has 13 heavy (non-hydrogen) atoms. The van der Waals surface area contributed by atoms with Crippen LogP contribution in [0.25, 0.3) is 0 Å². The van der Waals surface area contributed by atoms with Crippen molar-refractivity contribution >= 4 is 0 Å². The van der Waals surface area contributed by atoms with Crippen LogP contribution in [0.4, 0.5) is 0 Å². The van der Waals surface area contributed by atoms with E-state index in [2.05, 4.69) is 44.8 Å². The van der Waals surface area contributed by atoms with E-state index in [1.54, 1.807) is 0 Å². The molecule has 80 valence electrons. The molecule has 0 saturated carbocycles. The summed E-state index contributed by atoms with van der Waals surface area (Å²) in [5, 5.41) is 3.46. The maximum absolute atomic E-state index is 3.46. The smallest absolute Gasteiger partial charge is 0.0109 e. The fraction of sp³-hybridized carbons (Fsp3) is 1.00. The summed E-state index contributed by atoms with van der Waals surface area (Å²) in [7, 11) is 0. The fourth-order valence-corrected chi connectivity index (χ4v) is 1.39. The van der Waals surface area contributed by atoms with E-state index in [4.69, 9.17) is 0 Å². The van der Waals surface area contributed by atoms with Crippen molar-refractivity contribution in [2.75, 3.05) is 26.2 Å². The number of hydrogen-bond donors (Lipinski definition) is 1. The SMILES string of the molecule is CCN(CCNCC(C)C)C(C)C. The Kier molecular flexibility index (Phi) is 7.29. The highest BCUT2D eigenvalue weighted by molar-refractivity contribution is 4.62. The number of hydrogen-bond acceptors (Lipinski definition) is 2. The number of nitrogens with one attached hydrogen (secondary N) is 1. The summed E-state index contributed by atoms with van der Waals surface area (Å²) in [6.45, 7) is 15.8. The molecule has 0 saturated heterocycles. The Labute approximate surface area is 83.7 Å². The third-order valence-electron chi connectivity index (χ3n) is 2.26. The zero-order chi connectivity index (χ0) is 10.3. The standard InChI is InChI=1S/C11H26N2/c1-6-13(11(4)5)8-7-12-9-10(2)3/h10-12H,6-9H2,1-5H3. The van der Waals surface area contributed by atoms with E-state index in [0.717, 1.165) is 25.6 Å². The molecule has 0 radical (unpaired) electrons. The van der Waals surface area contributed by atoms with E-state index in [-0.39, 0.29) is 0 Å². The molecule has 0 fully saturated rings. The van der Waals surface area contributed by atoms with Crippen molar-refractivity contribution in [1.29, 1.82) is 0 Å². The van der Waals surface area contributed by atoms with Gasteiger partial charge in [-0.05, 0) is 32.9 Å². The van der Waals surface area contributed by atoms with Crippen LogP contribution in [0.3, 0.4) is 0 Å². The number of nitrogens with zero attached hydrogens (tertiary/aromatic N) is 1. The molecule has 0 rings (SSSR count). The summed E-state index contributed by atoms with van der Waals surface area (Å²) in [6.07, 6.45) is 0. The van der Waals surface area contributed by atoms with Gasteiger partial charge in [0.2, 0.25) is 0 Å². The molecule has 0 unspecified atom stereocenters. The molecule has 0 aromatic heterocycles. The average molecular weight is 186 g/mol. The molecular formula is C11H26N2. The predicted octanol–water partition coefficient (Wildman–Crippen LogP) is 1.96. The Morgan fingerprint density at radius 3 is 2.15 bits per heavy atom. The van der Waals surface area contributed by atoms with Gasteiger partial charge in [0.25, 0.3) is 0 Å². The second-order valence-electron chi connectivity index (χ2n) is 4.32. The molecule has 0 aliphatic rings. The molecule has 0 atom stereocenters. The van der Waals surface area contributed by atoms with Crippen LogP contribution < -0.4 is 5.32 Å². The minimum absolute atomic E-state index is 0.672. The molecule has 0 amide bonds. The Bertz CT molecular complexity index is 111. The van der Waals surface area contributed by atoms with E-state index in [1.165, 1.54) is 6.54 Å². The first kappa shape index (κ1) is 12.9. The van der Waals surface area contributed by atoms with Crippen LogP contribution in [-0.2, 0) is 0 Å². The van der Waals surface area contributed by atoms with Crippen LogP contribution in [-0.4, -0.2) is 37.1 Å². The van der Waals surface area contributed by atoms with Crippen molar-refractivity contribution in [3.05, 3.63) is 0 Å². The molecular weight excluding hydrogens is 160 g/mol. The third-order valence-corrected chi connectivity index (χ3v) is 2.26. The van der Waals surface area contributed by atoms with Gasteiger partial charge >= 0.3 is 0 Å². The van der Waals surface area contributed by atoms with Gasteiger partial charge in [-0.2, -0.15) is 0 Å². The Morgan fingerprint density at radius 1 is 1.15 bits per heavy atom. The van der Waals surface area contributed by atoms with Crippen LogP contribution in [0.15, 0.2) is 0 Å². The van der Waals surface area contributed by atoms with Gasteiger partial charge in [-0.3, -0.25) is 4.90 Å². The predicted molar refractivity (Wildman–Crippen MR) is 60.1 cm³/mol. The van der Waals surface area contributed by atoms with Crippen molar-refractivity contribution in [3.8, 4) is 0 Å². The minimum atomic E-state index is 0.672. The Hall–Kier alpha value is -0.0800. The van der Waals surface area contributed by atoms with E-state index >= 15 is 0 Å². The summed E-state index contributed by atoms with van der Waals surface area (Å²) in [4.78, 5) is 2.48. The zero-order valence-corrected chi connectivity index (χ0v) is 9.93. The summed E-state index contributed by atoms with van der Waals surface area (Å²) in [5.41, 5.74) is 0. The van der Waals surface area contributed by atoms with Gasteiger partial charge in [-0.15, -0.1) is 0 Å². The van der Waals surface area contributed by atoms with Gasteiger partial charge in [0.15, 0.2) is 0 Å². The molecule has 0 aliphatic heterocycles. The van der Waals surface area contributed by atoms with Crippen molar-refractivity contribution in [1.82, 2.24) is 10.2 Å². The highest BCUT2D eigenvalue weighted by Gasteiger charge is 2.05.